The van der Waals surface area contributed by atoms with Crippen LogP contribution in [0.15, 0.2) is 34.0 Å². The van der Waals surface area contributed by atoms with Gasteiger partial charge in [-0.3, -0.25) is 0 Å². The Bertz CT molecular complexity index is 692. The Balaban J connectivity index is 2.11. The van der Waals surface area contributed by atoms with Gasteiger partial charge in [0.15, 0.2) is 0 Å². The summed E-state index contributed by atoms with van der Waals surface area (Å²) in [4.78, 5) is 12.5. The summed E-state index contributed by atoms with van der Waals surface area (Å²) >= 11 is 0. The van der Waals surface area contributed by atoms with Crippen LogP contribution in [0.5, 0.6) is 0 Å². The van der Waals surface area contributed by atoms with Crippen LogP contribution in [0, 0.1) is 18.3 Å². The van der Waals surface area contributed by atoms with Gasteiger partial charge in [0.25, 0.3) is 0 Å². The SMILES string of the molecule is C/C=C(/C)C(=O)O[C@@H]1c2c(C)coc2CC2=CCC[C@H](C)[C@]21C. The minimum Gasteiger partial charge on any atom is -0.468 e. The fraction of sp³-hybridized carbons (Fsp3) is 0.550. The molecule has 3 nitrogen and oxygen atoms in total. The second-order valence-corrected chi connectivity index (χ2v) is 7.18. The van der Waals surface area contributed by atoms with Crippen LogP contribution < -0.4 is 0 Å². The number of hydrogen-bond acceptors (Lipinski definition) is 3. The van der Waals surface area contributed by atoms with E-state index in [9.17, 15) is 4.79 Å². The lowest BCUT2D eigenvalue weighted by atomic mass is 9.58. The standard InChI is InChI=1S/C20H26O3/c1-6-12(2)19(21)23-18-17-13(3)11-22-16(17)10-15-9-7-8-14(4)20(15,18)5/h6,9,11,14,18H,7-8,10H2,1-5H3/b12-6-/t14-,18+,20+/m0/s1. The van der Waals surface area contributed by atoms with Crippen LogP contribution >= 0.6 is 0 Å². The number of carbonyl (C=O) groups is 1. The van der Waals surface area contributed by atoms with Crippen LogP contribution in [0.3, 0.4) is 0 Å². The molecular weight excluding hydrogens is 288 g/mol. The van der Waals surface area contributed by atoms with E-state index in [-0.39, 0.29) is 17.5 Å². The number of allylic oxidation sites excluding steroid dienone is 2. The minimum atomic E-state index is -0.269. The highest BCUT2D eigenvalue weighted by Gasteiger charge is 2.51. The summed E-state index contributed by atoms with van der Waals surface area (Å²) in [6.07, 6.45) is 8.70. The molecule has 0 radical (unpaired) electrons. The number of carbonyl (C=O) groups excluding carboxylic acids is 1. The van der Waals surface area contributed by atoms with Gasteiger partial charge >= 0.3 is 5.97 Å². The number of hydrogen-bond donors (Lipinski definition) is 0. The average molecular weight is 314 g/mol. The molecule has 3 rings (SSSR count). The van der Waals surface area contributed by atoms with Crippen molar-refractivity contribution in [2.45, 2.75) is 60.0 Å². The molecule has 3 atom stereocenters. The summed E-state index contributed by atoms with van der Waals surface area (Å²) in [6.45, 7) is 10.2. The first-order chi connectivity index (χ1) is 10.9. The Morgan fingerprint density at radius 3 is 2.91 bits per heavy atom. The zero-order valence-corrected chi connectivity index (χ0v) is 14.7. The summed E-state index contributed by atoms with van der Waals surface area (Å²) in [5, 5.41) is 0. The molecule has 0 saturated carbocycles. The second-order valence-electron chi connectivity index (χ2n) is 7.18. The molecule has 0 unspecified atom stereocenters. The maximum atomic E-state index is 12.5. The normalized spacial score (nSPS) is 30.3. The second kappa shape index (κ2) is 5.70. The van der Waals surface area contributed by atoms with E-state index in [2.05, 4.69) is 19.9 Å². The molecule has 0 spiro atoms. The number of furan rings is 1. The van der Waals surface area contributed by atoms with E-state index in [0.717, 1.165) is 36.1 Å². The van der Waals surface area contributed by atoms with E-state index in [1.807, 2.05) is 13.8 Å². The third-order valence-corrected chi connectivity index (χ3v) is 5.95. The average Bonchev–Trinajstić information content (AvgIpc) is 2.89. The molecule has 2 aliphatic rings. The Morgan fingerprint density at radius 1 is 1.48 bits per heavy atom. The van der Waals surface area contributed by atoms with E-state index < -0.39 is 0 Å². The molecule has 1 aromatic heterocycles. The van der Waals surface area contributed by atoms with Gasteiger partial charge in [0, 0.05) is 23.0 Å². The number of fused-ring (bicyclic) bond motifs is 2. The highest BCUT2D eigenvalue weighted by Crippen LogP contribution is 2.57. The lowest BCUT2D eigenvalue weighted by molar-refractivity contribution is -0.153. The van der Waals surface area contributed by atoms with Crippen molar-refractivity contribution < 1.29 is 13.9 Å². The quantitative estimate of drug-likeness (QED) is 0.435. The molecule has 1 heterocycles. The topological polar surface area (TPSA) is 39.4 Å². The Hall–Kier alpha value is -1.77. The van der Waals surface area contributed by atoms with E-state index in [1.165, 1.54) is 5.57 Å². The summed E-state index contributed by atoms with van der Waals surface area (Å²) < 4.78 is 11.8. The fourth-order valence-electron chi connectivity index (χ4n) is 4.00. The van der Waals surface area contributed by atoms with Crippen molar-refractivity contribution in [3.8, 4) is 0 Å². The van der Waals surface area contributed by atoms with E-state index >= 15 is 0 Å². The molecule has 23 heavy (non-hydrogen) atoms. The van der Waals surface area contributed by atoms with Gasteiger partial charge in [0.1, 0.15) is 11.9 Å². The van der Waals surface area contributed by atoms with Gasteiger partial charge < -0.3 is 9.15 Å². The largest absolute Gasteiger partial charge is 0.468 e. The van der Waals surface area contributed by atoms with E-state index in [0.29, 0.717) is 11.5 Å². The van der Waals surface area contributed by atoms with Crippen molar-refractivity contribution in [3.63, 3.8) is 0 Å². The number of rotatable bonds is 2. The summed E-state index contributed by atoms with van der Waals surface area (Å²) in [7, 11) is 0. The molecule has 0 N–H and O–H groups in total. The first-order valence-corrected chi connectivity index (χ1v) is 8.49. The van der Waals surface area contributed by atoms with Crippen LogP contribution in [0.4, 0.5) is 0 Å². The van der Waals surface area contributed by atoms with E-state index in [4.69, 9.17) is 9.15 Å². The number of esters is 1. The van der Waals surface area contributed by atoms with Crippen molar-refractivity contribution in [1.82, 2.24) is 0 Å². The lowest BCUT2D eigenvalue weighted by Gasteiger charge is -2.48. The Labute approximate surface area is 138 Å². The Kier molecular flexibility index (Phi) is 3.99. The summed E-state index contributed by atoms with van der Waals surface area (Å²) in [6, 6.07) is 0. The zero-order chi connectivity index (χ0) is 16.8. The molecular formula is C20H26O3. The molecule has 124 valence electrons. The Morgan fingerprint density at radius 2 is 2.22 bits per heavy atom. The number of aryl methyl sites for hydroxylation is 1. The summed E-state index contributed by atoms with van der Waals surface area (Å²) in [5.41, 5.74) is 4.01. The predicted molar refractivity (Wildman–Crippen MR) is 90.0 cm³/mol. The molecule has 0 saturated heterocycles. The molecule has 0 amide bonds. The molecule has 0 fully saturated rings. The van der Waals surface area contributed by atoms with Gasteiger partial charge in [-0.1, -0.05) is 31.6 Å². The predicted octanol–water partition coefficient (Wildman–Crippen LogP) is 5.06. The smallest absolute Gasteiger partial charge is 0.334 e. The first-order valence-electron chi connectivity index (χ1n) is 8.49. The van der Waals surface area contributed by atoms with Crippen LogP contribution in [-0.4, -0.2) is 5.97 Å². The van der Waals surface area contributed by atoms with Gasteiger partial charge in [-0.2, -0.15) is 0 Å². The summed E-state index contributed by atoms with van der Waals surface area (Å²) in [5.74, 6) is 1.19. The molecule has 0 aliphatic heterocycles. The van der Waals surface area contributed by atoms with Crippen molar-refractivity contribution in [2.75, 3.05) is 0 Å². The monoisotopic (exact) mass is 314 g/mol. The van der Waals surface area contributed by atoms with Crippen LogP contribution in [0.25, 0.3) is 0 Å². The van der Waals surface area contributed by atoms with Gasteiger partial charge in [0.05, 0.1) is 6.26 Å². The lowest BCUT2D eigenvalue weighted by Crippen LogP contribution is -2.42. The highest BCUT2D eigenvalue weighted by molar-refractivity contribution is 5.88. The molecule has 1 aromatic rings. The van der Waals surface area contributed by atoms with Crippen molar-refractivity contribution in [1.29, 1.82) is 0 Å². The van der Waals surface area contributed by atoms with Crippen molar-refractivity contribution >= 4 is 5.97 Å². The maximum absolute atomic E-state index is 12.5. The van der Waals surface area contributed by atoms with Crippen LogP contribution in [0.1, 0.15) is 63.5 Å². The third-order valence-electron chi connectivity index (χ3n) is 5.95. The molecule has 0 aromatic carbocycles. The van der Waals surface area contributed by atoms with Gasteiger partial charge in [-0.25, -0.2) is 4.79 Å². The molecule has 2 aliphatic carbocycles. The third kappa shape index (κ3) is 2.37. The number of ether oxygens (including phenoxy) is 1. The van der Waals surface area contributed by atoms with Gasteiger partial charge in [-0.05, 0) is 45.1 Å². The van der Waals surface area contributed by atoms with Crippen LogP contribution in [0.2, 0.25) is 0 Å². The van der Waals surface area contributed by atoms with Gasteiger partial charge in [-0.15, -0.1) is 0 Å². The molecule has 0 bridgehead atoms. The fourth-order valence-corrected chi connectivity index (χ4v) is 4.00. The zero-order valence-electron chi connectivity index (χ0n) is 14.7. The van der Waals surface area contributed by atoms with E-state index in [1.54, 1.807) is 19.3 Å². The van der Waals surface area contributed by atoms with Crippen LogP contribution in [-0.2, 0) is 16.0 Å². The van der Waals surface area contributed by atoms with Crippen molar-refractivity contribution in [2.24, 2.45) is 11.3 Å². The highest BCUT2D eigenvalue weighted by atomic mass is 16.5. The molecule has 3 heteroatoms. The van der Waals surface area contributed by atoms with Crippen molar-refractivity contribution in [3.05, 3.63) is 46.4 Å². The maximum Gasteiger partial charge on any atom is 0.334 e. The first kappa shape index (κ1) is 16.1. The minimum absolute atomic E-state index is 0.149. The van der Waals surface area contributed by atoms with Gasteiger partial charge in [0.2, 0.25) is 0 Å².